The number of hydrogen-bond donors (Lipinski definition) is 1. The van der Waals surface area contributed by atoms with Gasteiger partial charge in [-0.25, -0.2) is 12.7 Å². The standard InChI is InChI=1S/C19H19N3O3S/c1-13-8-9-16(26(24,25)22(2)3)11-17(13)19(23)21-15-10-14-6-4-5-7-18(14)20-12-15/h4-12H,1-3H3,(H,21,23). The van der Waals surface area contributed by atoms with Crippen LogP contribution in [0, 0.1) is 6.92 Å². The second-order valence-electron chi connectivity index (χ2n) is 6.13. The minimum absolute atomic E-state index is 0.0786. The molecule has 1 aromatic heterocycles. The maximum absolute atomic E-state index is 12.7. The van der Waals surface area contributed by atoms with E-state index in [1.165, 1.54) is 26.2 Å². The van der Waals surface area contributed by atoms with E-state index >= 15 is 0 Å². The van der Waals surface area contributed by atoms with Gasteiger partial charge in [0, 0.05) is 25.0 Å². The summed E-state index contributed by atoms with van der Waals surface area (Å²) in [5, 5.41) is 3.70. The Labute approximate surface area is 152 Å². The third-order valence-electron chi connectivity index (χ3n) is 4.08. The molecule has 0 atom stereocenters. The topological polar surface area (TPSA) is 79.4 Å². The van der Waals surface area contributed by atoms with Crippen molar-refractivity contribution in [2.45, 2.75) is 11.8 Å². The molecule has 0 aliphatic heterocycles. The van der Waals surface area contributed by atoms with Crippen molar-refractivity contribution < 1.29 is 13.2 Å². The number of para-hydroxylation sites is 1. The Morgan fingerprint density at radius 3 is 2.54 bits per heavy atom. The molecule has 0 saturated heterocycles. The van der Waals surface area contributed by atoms with Crippen LogP contribution in [0.15, 0.2) is 59.6 Å². The molecule has 0 spiro atoms. The molecule has 0 saturated carbocycles. The molecule has 1 heterocycles. The fourth-order valence-electron chi connectivity index (χ4n) is 2.55. The zero-order valence-electron chi connectivity index (χ0n) is 14.7. The second-order valence-corrected chi connectivity index (χ2v) is 8.29. The predicted molar refractivity (Wildman–Crippen MR) is 102 cm³/mol. The van der Waals surface area contributed by atoms with Crippen LogP contribution in [-0.4, -0.2) is 37.7 Å². The van der Waals surface area contributed by atoms with Gasteiger partial charge in [0.25, 0.3) is 5.91 Å². The van der Waals surface area contributed by atoms with Crippen molar-refractivity contribution in [3.05, 3.63) is 65.9 Å². The summed E-state index contributed by atoms with van der Waals surface area (Å²) in [6, 6.07) is 13.9. The van der Waals surface area contributed by atoms with Gasteiger partial charge in [-0.05, 0) is 36.8 Å². The zero-order chi connectivity index (χ0) is 18.9. The highest BCUT2D eigenvalue weighted by Crippen LogP contribution is 2.21. The fraction of sp³-hybridized carbons (Fsp3) is 0.158. The Balaban J connectivity index is 1.94. The maximum atomic E-state index is 12.7. The van der Waals surface area contributed by atoms with Crippen molar-refractivity contribution in [1.82, 2.24) is 9.29 Å². The van der Waals surface area contributed by atoms with Crippen LogP contribution in [0.5, 0.6) is 0 Å². The van der Waals surface area contributed by atoms with Crippen LogP contribution in [0.1, 0.15) is 15.9 Å². The smallest absolute Gasteiger partial charge is 0.256 e. The number of benzene rings is 2. The highest BCUT2D eigenvalue weighted by molar-refractivity contribution is 7.89. The number of nitrogens with one attached hydrogen (secondary N) is 1. The van der Waals surface area contributed by atoms with Gasteiger partial charge in [-0.15, -0.1) is 0 Å². The average molecular weight is 369 g/mol. The van der Waals surface area contributed by atoms with Crippen LogP contribution >= 0.6 is 0 Å². The van der Waals surface area contributed by atoms with Crippen molar-refractivity contribution >= 4 is 32.5 Å². The van der Waals surface area contributed by atoms with Gasteiger partial charge in [0.15, 0.2) is 0 Å². The number of carbonyl (C=O) groups excluding carboxylic acids is 1. The van der Waals surface area contributed by atoms with E-state index in [2.05, 4.69) is 10.3 Å². The van der Waals surface area contributed by atoms with E-state index in [1.54, 1.807) is 19.2 Å². The zero-order valence-corrected chi connectivity index (χ0v) is 15.5. The number of aryl methyl sites for hydroxylation is 1. The van der Waals surface area contributed by atoms with Crippen molar-refractivity contribution in [1.29, 1.82) is 0 Å². The van der Waals surface area contributed by atoms with Crippen LogP contribution in [0.2, 0.25) is 0 Å². The molecular weight excluding hydrogens is 350 g/mol. The molecule has 0 aliphatic carbocycles. The maximum Gasteiger partial charge on any atom is 0.256 e. The average Bonchev–Trinajstić information content (AvgIpc) is 2.61. The molecule has 1 amide bonds. The quantitative estimate of drug-likeness (QED) is 0.767. The lowest BCUT2D eigenvalue weighted by Crippen LogP contribution is -2.23. The molecular formula is C19H19N3O3S. The molecule has 26 heavy (non-hydrogen) atoms. The molecule has 0 radical (unpaired) electrons. The molecule has 7 heteroatoms. The Morgan fingerprint density at radius 1 is 1.08 bits per heavy atom. The number of hydrogen-bond acceptors (Lipinski definition) is 4. The lowest BCUT2D eigenvalue weighted by atomic mass is 10.1. The first kappa shape index (κ1) is 18.0. The fourth-order valence-corrected chi connectivity index (χ4v) is 3.48. The molecule has 0 fully saturated rings. The van der Waals surface area contributed by atoms with E-state index in [4.69, 9.17) is 0 Å². The lowest BCUT2D eigenvalue weighted by Gasteiger charge is -2.14. The molecule has 3 aromatic rings. The number of fused-ring (bicyclic) bond motifs is 1. The summed E-state index contributed by atoms with van der Waals surface area (Å²) in [6.07, 6.45) is 1.58. The van der Waals surface area contributed by atoms with E-state index in [0.29, 0.717) is 16.8 Å². The van der Waals surface area contributed by atoms with E-state index < -0.39 is 10.0 Å². The molecule has 3 rings (SSSR count). The summed E-state index contributed by atoms with van der Waals surface area (Å²) in [4.78, 5) is 17.1. The lowest BCUT2D eigenvalue weighted by molar-refractivity contribution is 0.102. The Kier molecular flexibility index (Phi) is 4.76. The van der Waals surface area contributed by atoms with Gasteiger partial charge >= 0.3 is 0 Å². The summed E-state index contributed by atoms with van der Waals surface area (Å²) in [5.41, 5.74) is 2.38. The molecule has 0 unspecified atom stereocenters. The van der Waals surface area contributed by atoms with Crippen LogP contribution in [0.4, 0.5) is 5.69 Å². The van der Waals surface area contributed by atoms with Crippen molar-refractivity contribution in [3.63, 3.8) is 0 Å². The van der Waals surface area contributed by atoms with Crippen molar-refractivity contribution in [2.75, 3.05) is 19.4 Å². The SMILES string of the molecule is Cc1ccc(S(=O)(=O)N(C)C)cc1C(=O)Nc1cnc2ccccc2c1. The van der Waals surface area contributed by atoms with Crippen LogP contribution in [0.3, 0.4) is 0 Å². The first-order valence-electron chi connectivity index (χ1n) is 7.98. The largest absolute Gasteiger partial charge is 0.321 e. The molecule has 134 valence electrons. The third-order valence-corrected chi connectivity index (χ3v) is 5.89. The third kappa shape index (κ3) is 3.44. The van der Waals surface area contributed by atoms with E-state index in [9.17, 15) is 13.2 Å². The Hall–Kier alpha value is -2.77. The van der Waals surface area contributed by atoms with Gasteiger partial charge in [0.1, 0.15) is 0 Å². The predicted octanol–water partition coefficient (Wildman–Crippen LogP) is 3.05. The number of nitrogens with zero attached hydrogens (tertiary/aromatic N) is 2. The summed E-state index contributed by atoms with van der Waals surface area (Å²) < 4.78 is 25.7. The minimum Gasteiger partial charge on any atom is -0.321 e. The van der Waals surface area contributed by atoms with Crippen LogP contribution in [0.25, 0.3) is 10.9 Å². The van der Waals surface area contributed by atoms with Gasteiger partial charge in [0.05, 0.1) is 22.3 Å². The Bertz CT molecular complexity index is 1090. The second kappa shape index (κ2) is 6.86. The number of anilines is 1. The summed E-state index contributed by atoms with van der Waals surface area (Å²) >= 11 is 0. The van der Waals surface area contributed by atoms with Crippen molar-refractivity contribution in [2.24, 2.45) is 0 Å². The number of sulfonamides is 1. The van der Waals surface area contributed by atoms with Crippen molar-refractivity contribution in [3.8, 4) is 0 Å². The van der Waals surface area contributed by atoms with E-state index in [-0.39, 0.29) is 10.8 Å². The summed E-state index contributed by atoms with van der Waals surface area (Å²) in [7, 11) is -0.702. The molecule has 0 aliphatic rings. The van der Waals surface area contributed by atoms with Gasteiger partial charge in [-0.3, -0.25) is 9.78 Å². The van der Waals surface area contributed by atoms with Crippen LogP contribution < -0.4 is 5.32 Å². The summed E-state index contributed by atoms with van der Waals surface area (Å²) in [6.45, 7) is 1.76. The first-order valence-corrected chi connectivity index (χ1v) is 9.42. The van der Waals surface area contributed by atoms with Gasteiger partial charge in [0.2, 0.25) is 10.0 Å². The number of pyridine rings is 1. The monoisotopic (exact) mass is 369 g/mol. The number of aromatic nitrogens is 1. The molecule has 2 aromatic carbocycles. The molecule has 1 N–H and O–H groups in total. The van der Waals surface area contributed by atoms with Gasteiger partial charge in [-0.1, -0.05) is 24.3 Å². The normalized spacial score (nSPS) is 11.7. The number of rotatable bonds is 4. The Morgan fingerprint density at radius 2 is 1.81 bits per heavy atom. The minimum atomic E-state index is -3.61. The highest BCUT2D eigenvalue weighted by Gasteiger charge is 2.20. The highest BCUT2D eigenvalue weighted by atomic mass is 32.2. The molecule has 0 bridgehead atoms. The van der Waals surface area contributed by atoms with Gasteiger partial charge < -0.3 is 5.32 Å². The van der Waals surface area contributed by atoms with E-state index in [0.717, 1.165) is 15.2 Å². The first-order chi connectivity index (χ1) is 12.3. The number of carbonyl (C=O) groups is 1. The summed E-state index contributed by atoms with van der Waals surface area (Å²) in [5.74, 6) is -0.379. The van der Waals surface area contributed by atoms with Crippen LogP contribution in [-0.2, 0) is 10.0 Å². The van der Waals surface area contributed by atoms with Gasteiger partial charge in [-0.2, -0.15) is 0 Å². The molecule has 6 nitrogen and oxygen atoms in total. The van der Waals surface area contributed by atoms with E-state index in [1.807, 2.05) is 30.3 Å². The number of amides is 1.